The highest BCUT2D eigenvalue weighted by Crippen LogP contribution is 2.48. The summed E-state index contributed by atoms with van der Waals surface area (Å²) in [5, 5.41) is 12.7. The molecule has 110 valence electrons. The molecule has 4 nitrogen and oxygen atoms in total. The van der Waals surface area contributed by atoms with Crippen molar-refractivity contribution in [3.8, 4) is 0 Å². The van der Waals surface area contributed by atoms with E-state index >= 15 is 0 Å². The molecule has 4 atom stereocenters. The summed E-state index contributed by atoms with van der Waals surface area (Å²) in [6.07, 6.45) is 4.56. The predicted octanol–water partition coefficient (Wildman–Crippen LogP) is 3.45. The molecule has 2 bridgehead atoms. The van der Waals surface area contributed by atoms with Gasteiger partial charge in [0, 0.05) is 0 Å². The molecule has 0 saturated heterocycles. The summed E-state index contributed by atoms with van der Waals surface area (Å²) in [7, 11) is 0. The van der Waals surface area contributed by atoms with Crippen LogP contribution in [-0.4, -0.2) is 17.0 Å². The Kier molecular flexibility index (Phi) is 3.68. The first-order valence-corrected chi connectivity index (χ1v) is 7.40. The monoisotopic (exact) mass is 325 g/mol. The lowest BCUT2D eigenvalue weighted by molar-refractivity contribution is -0.146. The first-order chi connectivity index (χ1) is 9.99. The number of allylic oxidation sites excluding steroid dienone is 2. The molecule has 2 aliphatic carbocycles. The van der Waals surface area contributed by atoms with E-state index in [0.717, 1.165) is 6.42 Å². The fourth-order valence-electron chi connectivity index (χ4n) is 3.33. The Balaban J connectivity index is 1.84. The normalized spacial score (nSPS) is 29.6. The summed E-state index contributed by atoms with van der Waals surface area (Å²) in [6, 6.07) is 4.95. The van der Waals surface area contributed by atoms with Crippen molar-refractivity contribution < 1.29 is 14.7 Å². The molecule has 6 heteroatoms. The van der Waals surface area contributed by atoms with Crippen LogP contribution in [0.2, 0.25) is 10.0 Å². The lowest BCUT2D eigenvalue weighted by Crippen LogP contribution is -2.36. The van der Waals surface area contributed by atoms with Gasteiger partial charge in [-0.15, -0.1) is 0 Å². The maximum Gasteiger partial charge on any atom is 0.307 e. The van der Waals surface area contributed by atoms with Gasteiger partial charge in [0.15, 0.2) is 0 Å². The van der Waals surface area contributed by atoms with Crippen LogP contribution in [0, 0.1) is 23.7 Å². The van der Waals surface area contributed by atoms with Crippen LogP contribution in [0.5, 0.6) is 0 Å². The van der Waals surface area contributed by atoms with Crippen LogP contribution in [0.4, 0.5) is 5.69 Å². The standard InChI is InChI=1S/C15H13Cl2NO3/c16-9-2-1-3-10(13(9)17)18-14(19)11-7-4-5-8(6-7)12(11)15(20)21/h1-5,7-8,11-12H,6H2,(H,18,19)(H,20,21). The Hall–Kier alpha value is -1.52. The van der Waals surface area contributed by atoms with Gasteiger partial charge in [0.1, 0.15) is 0 Å². The molecule has 2 N–H and O–H groups in total. The summed E-state index contributed by atoms with van der Waals surface area (Å²) in [5.41, 5.74) is 0.407. The van der Waals surface area contributed by atoms with E-state index in [0.29, 0.717) is 10.7 Å². The third-order valence-corrected chi connectivity index (χ3v) is 5.08. The Labute approximate surface area is 131 Å². The topological polar surface area (TPSA) is 66.4 Å². The van der Waals surface area contributed by atoms with E-state index in [1.165, 1.54) is 0 Å². The molecular weight excluding hydrogens is 313 g/mol. The number of rotatable bonds is 3. The molecule has 0 heterocycles. The van der Waals surface area contributed by atoms with Crippen LogP contribution < -0.4 is 5.32 Å². The number of hydrogen-bond acceptors (Lipinski definition) is 2. The zero-order valence-corrected chi connectivity index (χ0v) is 12.4. The van der Waals surface area contributed by atoms with Gasteiger partial charge in [0.2, 0.25) is 5.91 Å². The van der Waals surface area contributed by atoms with Crippen LogP contribution in [0.1, 0.15) is 6.42 Å². The van der Waals surface area contributed by atoms with E-state index in [1.807, 2.05) is 12.2 Å². The van der Waals surface area contributed by atoms with Gasteiger partial charge in [-0.1, -0.05) is 41.4 Å². The molecule has 1 amide bonds. The molecule has 0 aromatic heterocycles. The van der Waals surface area contributed by atoms with Gasteiger partial charge in [-0.3, -0.25) is 9.59 Å². The largest absolute Gasteiger partial charge is 0.481 e. The van der Waals surface area contributed by atoms with Gasteiger partial charge in [-0.05, 0) is 30.4 Å². The highest BCUT2D eigenvalue weighted by molar-refractivity contribution is 6.44. The average Bonchev–Trinajstić information content (AvgIpc) is 3.04. The molecule has 1 aromatic carbocycles. The molecule has 0 aliphatic heterocycles. The van der Waals surface area contributed by atoms with E-state index in [4.69, 9.17) is 23.2 Å². The van der Waals surface area contributed by atoms with Crippen molar-refractivity contribution in [3.05, 3.63) is 40.4 Å². The minimum Gasteiger partial charge on any atom is -0.481 e. The first kappa shape index (κ1) is 14.4. The third-order valence-electron chi connectivity index (χ3n) is 4.26. The number of carboxylic acids is 1. The van der Waals surface area contributed by atoms with E-state index < -0.39 is 17.8 Å². The quantitative estimate of drug-likeness (QED) is 0.836. The number of hydrogen-bond donors (Lipinski definition) is 2. The average molecular weight is 326 g/mol. The maximum absolute atomic E-state index is 12.5. The highest BCUT2D eigenvalue weighted by atomic mass is 35.5. The molecule has 1 aromatic rings. The van der Waals surface area contributed by atoms with Crippen molar-refractivity contribution in [1.29, 1.82) is 0 Å². The molecule has 3 rings (SSSR count). The second-order valence-electron chi connectivity index (χ2n) is 5.43. The van der Waals surface area contributed by atoms with Crippen molar-refractivity contribution in [3.63, 3.8) is 0 Å². The zero-order valence-electron chi connectivity index (χ0n) is 10.9. The van der Waals surface area contributed by atoms with Gasteiger partial charge in [-0.2, -0.15) is 0 Å². The van der Waals surface area contributed by atoms with Crippen molar-refractivity contribution in [2.24, 2.45) is 23.7 Å². The number of fused-ring (bicyclic) bond motifs is 2. The molecular formula is C15H13Cl2NO3. The van der Waals surface area contributed by atoms with E-state index in [9.17, 15) is 14.7 Å². The van der Waals surface area contributed by atoms with Crippen LogP contribution >= 0.6 is 23.2 Å². The molecule has 21 heavy (non-hydrogen) atoms. The third kappa shape index (κ3) is 2.43. The number of benzene rings is 1. The molecule has 0 radical (unpaired) electrons. The maximum atomic E-state index is 12.5. The number of halogens is 2. The smallest absolute Gasteiger partial charge is 0.307 e. The number of nitrogens with one attached hydrogen (secondary N) is 1. The van der Waals surface area contributed by atoms with Crippen molar-refractivity contribution in [2.45, 2.75) is 6.42 Å². The number of carboxylic acid groups (broad SMARTS) is 1. The minimum absolute atomic E-state index is 0.0194. The lowest BCUT2D eigenvalue weighted by Gasteiger charge is -2.24. The van der Waals surface area contributed by atoms with E-state index in [1.54, 1.807) is 18.2 Å². The van der Waals surface area contributed by atoms with Gasteiger partial charge in [0.25, 0.3) is 0 Å². The SMILES string of the molecule is O=C(O)C1C2C=CC(C2)C1C(=O)Nc1cccc(Cl)c1Cl. The van der Waals surface area contributed by atoms with Gasteiger partial charge in [0.05, 0.1) is 27.6 Å². The summed E-state index contributed by atoms with van der Waals surface area (Å²) in [6.45, 7) is 0. The molecule has 1 saturated carbocycles. The summed E-state index contributed by atoms with van der Waals surface area (Å²) < 4.78 is 0. The van der Waals surface area contributed by atoms with Crippen LogP contribution in [0.15, 0.2) is 30.4 Å². The lowest BCUT2D eigenvalue weighted by atomic mass is 9.82. The van der Waals surface area contributed by atoms with Gasteiger partial charge >= 0.3 is 5.97 Å². The fourth-order valence-corrected chi connectivity index (χ4v) is 3.68. The Morgan fingerprint density at radius 1 is 1.14 bits per heavy atom. The number of carbonyl (C=O) groups is 2. The molecule has 2 aliphatic rings. The second-order valence-corrected chi connectivity index (χ2v) is 6.21. The predicted molar refractivity (Wildman–Crippen MR) is 80.4 cm³/mol. The Morgan fingerprint density at radius 3 is 2.48 bits per heavy atom. The van der Waals surface area contributed by atoms with Crippen molar-refractivity contribution in [1.82, 2.24) is 0 Å². The number of anilines is 1. The minimum atomic E-state index is -0.927. The first-order valence-electron chi connectivity index (χ1n) is 6.65. The fraction of sp³-hybridized carbons (Fsp3) is 0.333. The Bertz CT molecular complexity index is 644. The Morgan fingerprint density at radius 2 is 1.81 bits per heavy atom. The molecule has 1 fully saturated rings. The van der Waals surface area contributed by atoms with Crippen molar-refractivity contribution in [2.75, 3.05) is 5.32 Å². The summed E-state index contributed by atoms with van der Waals surface area (Å²) in [4.78, 5) is 23.9. The second kappa shape index (κ2) is 5.35. The number of amides is 1. The molecule has 0 spiro atoms. The van der Waals surface area contributed by atoms with Gasteiger partial charge in [-0.25, -0.2) is 0 Å². The van der Waals surface area contributed by atoms with Crippen LogP contribution in [-0.2, 0) is 9.59 Å². The highest BCUT2D eigenvalue weighted by Gasteiger charge is 2.51. The number of aliphatic carboxylic acids is 1. The summed E-state index contributed by atoms with van der Waals surface area (Å²) >= 11 is 12.0. The van der Waals surface area contributed by atoms with Crippen LogP contribution in [0.25, 0.3) is 0 Å². The van der Waals surface area contributed by atoms with Crippen molar-refractivity contribution >= 4 is 40.8 Å². The molecule has 4 unspecified atom stereocenters. The summed E-state index contributed by atoms with van der Waals surface area (Å²) in [5.74, 6) is -2.55. The van der Waals surface area contributed by atoms with E-state index in [-0.39, 0.29) is 22.8 Å². The zero-order chi connectivity index (χ0) is 15.1. The van der Waals surface area contributed by atoms with Crippen LogP contribution in [0.3, 0.4) is 0 Å². The van der Waals surface area contributed by atoms with Gasteiger partial charge < -0.3 is 10.4 Å². The van der Waals surface area contributed by atoms with E-state index in [2.05, 4.69) is 5.32 Å². The number of carbonyl (C=O) groups excluding carboxylic acids is 1.